The van der Waals surface area contributed by atoms with Gasteiger partial charge in [0.15, 0.2) is 0 Å². The molecule has 2 N–H and O–H groups in total. The molecule has 0 spiro atoms. The van der Waals surface area contributed by atoms with Crippen molar-refractivity contribution in [3.8, 4) is 0 Å². The second-order valence-electron chi connectivity index (χ2n) is 3.73. The van der Waals surface area contributed by atoms with Crippen LogP contribution in [0.1, 0.15) is 13.8 Å². The zero-order chi connectivity index (χ0) is 9.46. The molecule has 1 saturated carbocycles. The van der Waals surface area contributed by atoms with Gasteiger partial charge in [0, 0.05) is 11.8 Å². The van der Waals surface area contributed by atoms with E-state index in [2.05, 4.69) is 13.2 Å². The van der Waals surface area contributed by atoms with Gasteiger partial charge in [-0.3, -0.25) is 0 Å². The molecule has 0 saturated heterocycles. The smallest absolute Gasteiger partial charge is 0.0720 e. The van der Waals surface area contributed by atoms with Crippen molar-refractivity contribution in [1.82, 2.24) is 0 Å². The van der Waals surface area contributed by atoms with Crippen LogP contribution >= 0.6 is 0 Å². The minimum atomic E-state index is -0.491. The Morgan fingerprint density at radius 3 is 1.33 bits per heavy atom. The first-order chi connectivity index (χ1) is 5.46. The first-order valence-corrected chi connectivity index (χ1v) is 4.13. The molecule has 0 aromatic heterocycles. The lowest BCUT2D eigenvalue weighted by Gasteiger charge is -2.47. The fourth-order valence-electron chi connectivity index (χ4n) is 1.87. The number of hydrogen-bond acceptors (Lipinski definition) is 2. The van der Waals surface area contributed by atoms with Gasteiger partial charge in [0.25, 0.3) is 0 Å². The summed E-state index contributed by atoms with van der Waals surface area (Å²) in [6.07, 6.45) is -0.981. The van der Waals surface area contributed by atoms with Gasteiger partial charge in [-0.15, -0.1) is 0 Å². The number of aliphatic hydroxyl groups excluding tert-OH is 2. The van der Waals surface area contributed by atoms with Crippen molar-refractivity contribution in [3.05, 3.63) is 24.3 Å². The monoisotopic (exact) mass is 168 g/mol. The summed E-state index contributed by atoms with van der Waals surface area (Å²) in [4.78, 5) is 0. The van der Waals surface area contributed by atoms with Gasteiger partial charge in [0.2, 0.25) is 0 Å². The summed E-state index contributed by atoms with van der Waals surface area (Å²) in [5, 5.41) is 19.2. The summed E-state index contributed by atoms with van der Waals surface area (Å²) < 4.78 is 0. The molecule has 12 heavy (non-hydrogen) atoms. The number of hydrogen-bond donors (Lipinski definition) is 2. The first kappa shape index (κ1) is 9.49. The van der Waals surface area contributed by atoms with Crippen LogP contribution in [0.3, 0.4) is 0 Å². The van der Waals surface area contributed by atoms with Crippen molar-refractivity contribution < 1.29 is 10.2 Å². The average molecular weight is 168 g/mol. The normalized spacial score (nSPS) is 40.3. The second kappa shape index (κ2) is 3.04. The molecule has 0 radical (unpaired) electrons. The molecule has 1 rings (SSSR count). The summed E-state index contributed by atoms with van der Waals surface area (Å²) in [6, 6.07) is 0. The van der Waals surface area contributed by atoms with Crippen molar-refractivity contribution in [3.63, 3.8) is 0 Å². The lowest BCUT2D eigenvalue weighted by Crippen LogP contribution is -2.56. The van der Waals surface area contributed by atoms with Crippen LogP contribution in [0.2, 0.25) is 0 Å². The van der Waals surface area contributed by atoms with E-state index >= 15 is 0 Å². The molecule has 1 aliphatic rings. The average Bonchev–Trinajstić information content (AvgIpc) is 1.84. The van der Waals surface area contributed by atoms with E-state index in [4.69, 9.17) is 0 Å². The Labute approximate surface area is 73.2 Å². The molecule has 0 unspecified atom stereocenters. The fraction of sp³-hybridized carbons (Fsp3) is 0.600. The van der Waals surface area contributed by atoms with Gasteiger partial charge in [-0.05, 0) is 13.8 Å². The van der Waals surface area contributed by atoms with Crippen molar-refractivity contribution in [1.29, 1.82) is 0 Å². The maximum atomic E-state index is 9.60. The molecular weight excluding hydrogens is 152 g/mol. The topological polar surface area (TPSA) is 40.5 Å². The highest BCUT2D eigenvalue weighted by molar-refractivity contribution is 5.21. The lowest BCUT2D eigenvalue weighted by molar-refractivity contribution is -0.119. The Morgan fingerprint density at radius 1 is 0.917 bits per heavy atom. The lowest BCUT2D eigenvalue weighted by atomic mass is 9.64. The van der Waals surface area contributed by atoms with Gasteiger partial charge in [-0.1, -0.05) is 24.3 Å². The summed E-state index contributed by atoms with van der Waals surface area (Å²) in [7, 11) is 0. The summed E-state index contributed by atoms with van der Waals surface area (Å²) in [5.41, 5.74) is 1.68. The van der Waals surface area contributed by atoms with E-state index in [1.54, 1.807) is 0 Å². The first-order valence-electron chi connectivity index (χ1n) is 4.13. The summed E-state index contributed by atoms with van der Waals surface area (Å²) in [6.45, 7) is 11.1. The van der Waals surface area contributed by atoms with Gasteiger partial charge in [-0.2, -0.15) is 0 Å². The van der Waals surface area contributed by atoms with Crippen LogP contribution in [-0.2, 0) is 0 Å². The highest BCUT2D eigenvalue weighted by Crippen LogP contribution is 2.42. The van der Waals surface area contributed by atoms with E-state index in [0.717, 1.165) is 11.1 Å². The standard InChI is InChI=1S/C10H16O2/c1-5(2)7-9(11)8(6(3)4)10(7)12/h7-12H,1,3H2,2,4H3. The zero-order valence-electron chi connectivity index (χ0n) is 7.62. The third-order valence-corrected chi connectivity index (χ3v) is 2.61. The molecule has 1 aliphatic carbocycles. The molecule has 0 aliphatic heterocycles. The van der Waals surface area contributed by atoms with Gasteiger partial charge >= 0.3 is 0 Å². The van der Waals surface area contributed by atoms with Crippen molar-refractivity contribution in [2.24, 2.45) is 11.8 Å². The molecule has 2 heteroatoms. The van der Waals surface area contributed by atoms with E-state index in [1.807, 2.05) is 13.8 Å². The molecule has 0 aromatic rings. The van der Waals surface area contributed by atoms with Crippen LogP contribution in [0, 0.1) is 11.8 Å². The van der Waals surface area contributed by atoms with E-state index in [0.29, 0.717) is 0 Å². The second-order valence-corrected chi connectivity index (χ2v) is 3.73. The summed E-state index contributed by atoms with van der Waals surface area (Å²) in [5.74, 6) is -0.321. The third-order valence-electron chi connectivity index (χ3n) is 2.61. The zero-order valence-corrected chi connectivity index (χ0v) is 7.62. The molecule has 0 bridgehead atoms. The van der Waals surface area contributed by atoms with Crippen LogP contribution in [0.15, 0.2) is 24.3 Å². The largest absolute Gasteiger partial charge is 0.392 e. The predicted molar refractivity (Wildman–Crippen MR) is 48.6 cm³/mol. The quantitative estimate of drug-likeness (QED) is 0.606. The molecule has 68 valence electrons. The fourth-order valence-corrected chi connectivity index (χ4v) is 1.87. The molecule has 0 atom stereocenters. The summed E-state index contributed by atoms with van der Waals surface area (Å²) >= 11 is 0. The Hall–Kier alpha value is -0.600. The van der Waals surface area contributed by atoms with Crippen LogP contribution in [-0.4, -0.2) is 22.4 Å². The molecule has 0 aromatic carbocycles. The van der Waals surface area contributed by atoms with Crippen molar-refractivity contribution >= 4 is 0 Å². The minimum Gasteiger partial charge on any atom is -0.392 e. The Bertz CT molecular complexity index is 188. The van der Waals surface area contributed by atoms with Crippen LogP contribution < -0.4 is 0 Å². The van der Waals surface area contributed by atoms with Crippen LogP contribution in [0.25, 0.3) is 0 Å². The number of rotatable bonds is 2. The van der Waals surface area contributed by atoms with Crippen LogP contribution in [0.4, 0.5) is 0 Å². The van der Waals surface area contributed by atoms with E-state index in [1.165, 1.54) is 0 Å². The molecule has 2 nitrogen and oxygen atoms in total. The van der Waals surface area contributed by atoms with Crippen molar-refractivity contribution in [2.45, 2.75) is 26.1 Å². The van der Waals surface area contributed by atoms with E-state index < -0.39 is 12.2 Å². The Balaban J connectivity index is 2.68. The van der Waals surface area contributed by atoms with Gasteiger partial charge in [0.05, 0.1) is 12.2 Å². The van der Waals surface area contributed by atoms with Gasteiger partial charge in [-0.25, -0.2) is 0 Å². The molecule has 0 heterocycles. The molecule has 1 fully saturated rings. The highest BCUT2D eigenvalue weighted by Gasteiger charge is 2.49. The Kier molecular flexibility index (Phi) is 2.40. The number of aliphatic hydroxyl groups is 2. The SMILES string of the molecule is C=C(C)C1C(O)C(C(=C)C)C1O. The maximum absolute atomic E-state index is 9.60. The maximum Gasteiger partial charge on any atom is 0.0720 e. The minimum absolute atomic E-state index is 0.160. The van der Waals surface area contributed by atoms with Crippen molar-refractivity contribution in [2.75, 3.05) is 0 Å². The Morgan fingerprint density at radius 2 is 1.17 bits per heavy atom. The molecular formula is C10H16O2. The van der Waals surface area contributed by atoms with E-state index in [9.17, 15) is 10.2 Å². The third kappa shape index (κ3) is 1.21. The highest BCUT2D eigenvalue weighted by atomic mass is 16.3. The predicted octanol–water partition coefficient (Wildman–Crippen LogP) is 1.11. The molecule has 0 amide bonds. The van der Waals surface area contributed by atoms with Gasteiger partial charge < -0.3 is 10.2 Å². The van der Waals surface area contributed by atoms with Gasteiger partial charge in [0.1, 0.15) is 0 Å². The van der Waals surface area contributed by atoms with E-state index in [-0.39, 0.29) is 11.8 Å². The van der Waals surface area contributed by atoms with Crippen LogP contribution in [0.5, 0.6) is 0 Å².